The van der Waals surface area contributed by atoms with Gasteiger partial charge in [-0.3, -0.25) is 4.79 Å². The fraction of sp³-hybridized carbons (Fsp3) is 0.143. The van der Waals surface area contributed by atoms with Crippen molar-refractivity contribution < 1.29 is 13.9 Å². The first-order valence-corrected chi connectivity index (χ1v) is 6.05. The third-order valence-electron chi connectivity index (χ3n) is 2.56. The molecule has 1 heterocycles. The number of carbonyl (C=O) groups excluding carboxylic acids is 1. The monoisotopic (exact) mass is 275 g/mol. The van der Waals surface area contributed by atoms with Crippen molar-refractivity contribution in [1.29, 1.82) is 0 Å². The summed E-state index contributed by atoms with van der Waals surface area (Å²) in [6, 6.07) is 7.36. The largest absolute Gasteiger partial charge is 0.492 e. The average Bonchev–Trinajstić information content (AvgIpc) is 2.44. The Labute approximate surface area is 115 Å². The van der Waals surface area contributed by atoms with E-state index in [1.54, 1.807) is 12.1 Å². The van der Waals surface area contributed by atoms with Crippen molar-refractivity contribution in [2.45, 2.75) is 6.92 Å². The molecule has 20 heavy (non-hydrogen) atoms. The number of carbonyl (C=O) groups is 1. The van der Waals surface area contributed by atoms with Crippen LogP contribution in [0.1, 0.15) is 17.3 Å². The number of ether oxygens (including phenoxy) is 1. The number of rotatable bonds is 4. The zero-order valence-electron chi connectivity index (χ0n) is 10.9. The third-order valence-corrected chi connectivity index (χ3v) is 2.56. The Kier molecular flexibility index (Phi) is 4.14. The maximum Gasteiger partial charge on any atom is 0.255 e. The number of hydrogen-bond donors (Lipinski definition) is 2. The number of benzene rings is 1. The Morgan fingerprint density at radius 1 is 1.40 bits per heavy atom. The summed E-state index contributed by atoms with van der Waals surface area (Å²) in [5.41, 5.74) is 6.97. The topological polar surface area (TPSA) is 77.2 Å². The number of nitrogens with two attached hydrogens (primary N) is 1. The Balaban J connectivity index is 2.13. The van der Waals surface area contributed by atoms with Crippen LogP contribution in [0.2, 0.25) is 0 Å². The van der Waals surface area contributed by atoms with Gasteiger partial charge >= 0.3 is 0 Å². The second-order valence-corrected chi connectivity index (χ2v) is 4.01. The van der Waals surface area contributed by atoms with Crippen LogP contribution in [0.25, 0.3) is 0 Å². The average molecular weight is 275 g/mol. The van der Waals surface area contributed by atoms with Crippen LogP contribution >= 0.6 is 0 Å². The molecule has 1 amide bonds. The van der Waals surface area contributed by atoms with Gasteiger partial charge < -0.3 is 15.8 Å². The number of hydrogen-bond acceptors (Lipinski definition) is 4. The molecule has 0 unspecified atom stereocenters. The highest BCUT2D eigenvalue weighted by Crippen LogP contribution is 2.23. The molecule has 1 aromatic carbocycles. The van der Waals surface area contributed by atoms with Gasteiger partial charge in [-0.05, 0) is 37.3 Å². The van der Waals surface area contributed by atoms with Gasteiger partial charge in [-0.15, -0.1) is 0 Å². The number of amides is 1. The van der Waals surface area contributed by atoms with E-state index in [1.165, 1.54) is 24.4 Å². The van der Waals surface area contributed by atoms with Crippen LogP contribution in [-0.2, 0) is 0 Å². The van der Waals surface area contributed by atoms with Crippen LogP contribution in [-0.4, -0.2) is 17.5 Å². The normalized spacial score (nSPS) is 10.1. The SMILES string of the molecule is CCOc1ccc(C(=O)Nc2ccc(F)nc2)cc1N. The van der Waals surface area contributed by atoms with Gasteiger partial charge in [0.25, 0.3) is 5.91 Å². The molecule has 0 atom stereocenters. The highest BCUT2D eigenvalue weighted by molar-refractivity contribution is 6.04. The second-order valence-electron chi connectivity index (χ2n) is 4.01. The molecule has 0 saturated heterocycles. The van der Waals surface area contributed by atoms with Gasteiger partial charge in [-0.25, -0.2) is 4.98 Å². The molecule has 0 aliphatic rings. The Bertz CT molecular complexity index is 614. The molecule has 104 valence electrons. The van der Waals surface area contributed by atoms with Gasteiger partial charge in [0, 0.05) is 5.56 Å². The summed E-state index contributed by atoms with van der Waals surface area (Å²) in [6.45, 7) is 2.35. The lowest BCUT2D eigenvalue weighted by atomic mass is 10.1. The summed E-state index contributed by atoms with van der Waals surface area (Å²) in [4.78, 5) is 15.4. The molecule has 0 radical (unpaired) electrons. The van der Waals surface area contributed by atoms with E-state index in [-0.39, 0.29) is 5.91 Å². The molecule has 2 aromatic rings. The molecule has 0 spiro atoms. The van der Waals surface area contributed by atoms with Gasteiger partial charge in [0.05, 0.1) is 24.2 Å². The molecule has 0 aliphatic heterocycles. The van der Waals surface area contributed by atoms with Crippen LogP contribution < -0.4 is 15.8 Å². The quantitative estimate of drug-likeness (QED) is 0.663. The van der Waals surface area contributed by atoms with Crippen LogP contribution in [0.15, 0.2) is 36.5 Å². The summed E-state index contributed by atoms with van der Waals surface area (Å²) >= 11 is 0. The van der Waals surface area contributed by atoms with Crippen molar-refractivity contribution >= 4 is 17.3 Å². The molecular weight excluding hydrogens is 261 g/mol. The summed E-state index contributed by atoms with van der Waals surface area (Å²) in [5.74, 6) is -0.422. The predicted octanol–water partition coefficient (Wildman–Crippen LogP) is 2.45. The molecule has 0 fully saturated rings. The number of anilines is 2. The Morgan fingerprint density at radius 3 is 2.80 bits per heavy atom. The molecule has 3 N–H and O–H groups in total. The lowest BCUT2D eigenvalue weighted by Gasteiger charge is -2.09. The third kappa shape index (κ3) is 3.23. The first kappa shape index (κ1) is 13.8. The first-order chi connectivity index (χ1) is 9.60. The number of halogens is 1. The fourth-order valence-corrected chi connectivity index (χ4v) is 1.63. The zero-order chi connectivity index (χ0) is 14.5. The molecule has 0 saturated carbocycles. The van der Waals surface area contributed by atoms with Crippen molar-refractivity contribution in [1.82, 2.24) is 4.98 Å². The lowest BCUT2D eigenvalue weighted by Crippen LogP contribution is -2.12. The maximum absolute atomic E-state index is 12.7. The minimum Gasteiger partial charge on any atom is -0.492 e. The number of pyridine rings is 1. The van der Waals surface area contributed by atoms with Crippen LogP contribution in [0, 0.1) is 5.95 Å². The predicted molar refractivity (Wildman–Crippen MR) is 74.2 cm³/mol. The highest BCUT2D eigenvalue weighted by atomic mass is 19.1. The minimum atomic E-state index is -0.603. The van der Waals surface area contributed by atoms with E-state index < -0.39 is 5.95 Å². The number of nitrogen functional groups attached to an aromatic ring is 1. The van der Waals surface area contributed by atoms with Gasteiger partial charge in [-0.2, -0.15) is 4.39 Å². The van der Waals surface area contributed by atoms with E-state index >= 15 is 0 Å². The summed E-state index contributed by atoms with van der Waals surface area (Å²) < 4.78 is 18.0. The summed E-state index contributed by atoms with van der Waals surface area (Å²) in [5, 5.41) is 2.60. The first-order valence-electron chi connectivity index (χ1n) is 6.05. The van der Waals surface area contributed by atoms with Crippen molar-refractivity contribution in [3.05, 3.63) is 48.0 Å². The number of nitrogens with zero attached hydrogens (tertiary/aromatic N) is 1. The summed E-state index contributed by atoms with van der Waals surface area (Å²) in [6.07, 6.45) is 1.24. The molecule has 1 aromatic heterocycles. The highest BCUT2D eigenvalue weighted by Gasteiger charge is 2.09. The standard InChI is InChI=1S/C14H14FN3O2/c1-2-20-12-5-3-9(7-11(12)16)14(19)18-10-4-6-13(15)17-8-10/h3-8H,2,16H2,1H3,(H,18,19). The van der Waals surface area contributed by atoms with Crippen molar-refractivity contribution in [2.75, 3.05) is 17.7 Å². The molecule has 0 bridgehead atoms. The Morgan fingerprint density at radius 2 is 2.20 bits per heavy atom. The zero-order valence-corrected chi connectivity index (χ0v) is 10.9. The molecule has 2 rings (SSSR count). The van der Waals surface area contributed by atoms with Crippen LogP contribution in [0.5, 0.6) is 5.75 Å². The van der Waals surface area contributed by atoms with Crippen molar-refractivity contribution in [3.63, 3.8) is 0 Å². The van der Waals surface area contributed by atoms with Crippen LogP contribution in [0.3, 0.4) is 0 Å². The van der Waals surface area contributed by atoms with Crippen molar-refractivity contribution in [2.24, 2.45) is 0 Å². The minimum absolute atomic E-state index is 0.354. The van der Waals surface area contributed by atoms with Crippen LogP contribution in [0.4, 0.5) is 15.8 Å². The number of aromatic nitrogens is 1. The van der Waals surface area contributed by atoms with Gasteiger partial charge in [0.1, 0.15) is 5.75 Å². The smallest absolute Gasteiger partial charge is 0.255 e. The van der Waals surface area contributed by atoms with Gasteiger partial charge in [-0.1, -0.05) is 0 Å². The second kappa shape index (κ2) is 6.01. The number of nitrogens with one attached hydrogen (secondary N) is 1. The Hall–Kier alpha value is -2.63. The molecule has 0 aliphatic carbocycles. The van der Waals surface area contributed by atoms with E-state index in [4.69, 9.17) is 10.5 Å². The van der Waals surface area contributed by atoms with E-state index in [2.05, 4.69) is 10.3 Å². The molecule has 6 heteroatoms. The molecule has 5 nitrogen and oxygen atoms in total. The fourth-order valence-electron chi connectivity index (χ4n) is 1.63. The lowest BCUT2D eigenvalue weighted by molar-refractivity contribution is 0.102. The summed E-state index contributed by atoms with van der Waals surface area (Å²) in [7, 11) is 0. The van der Waals surface area contributed by atoms with E-state index in [1.807, 2.05) is 6.92 Å². The van der Waals surface area contributed by atoms with E-state index in [9.17, 15) is 9.18 Å². The van der Waals surface area contributed by atoms with Crippen molar-refractivity contribution in [3.8, 4) is 5.75 Å². The van der Waals surface area contributed by atoms with E-state index in [0.717, 1.165) is 0 Å². The molecular formula is C14H14FN3O2. The maximum atomic E-state index is 12.7. The van der Waals surface area contributed by atoms with Gasteiger partial charge in [0.15, 0.2) is 0 Å². The van der Waals surface area contributed by atoms with Gasteiger partial charge in [0.2, 0.25) is 5.95 Å². The van der Waals surface area contributed by atoms with E-state index in [0.29, 0.717) is 29.3 Å².